The van der Waals surface area contributed by atoms with Crippen LogP contribution in [0.5, 0.6) is 0 Å². The second-order valence-corrected chi connectivity index (χ2v) is 7.12. The average Bonchev–Trinajstić information content (AvgIpc) is 3.10. The highest BCUT2D eigenvalue weighted by atomic mass is 35.5. The Labute approximate surface area is 155 Å². The number of likely N-dealkylation sites (tertiary alicyclic amines) is 1. The molecule has 2 bridgehead atoms. The summed E-state index contributed by atoms with van der Waals surface area (Å²) in [5, 5.41) is 10.3. The molecule has 1 N–H and O–H groups in total. The summed E-state index contributed by atoms with van der Waals surface area (Å²) in [5.41, 5.74) is 0.0525. The second-order valence-electron chi connectivity index (χ2n) is 6.39. The van der Waals surface area contributed by atoms with Gasteiger partial charge in [-0.1, -0.05) is 41.9 Å². The maximum atomic E-state index is 13.1. The van der Waals surface area contributed by atoms with E-state index < -0.39 is 5.54 Å². The number of piperazine rings is 1. The van der Waals surface area contributed by atoms with Crippen LogP contribution in [0, 0.1) is 0 Å². The molecule has 6 nitrogen and oxygen atoms in total. The predicted molar refractivity (Wildman–Crippen MR) is 94.6 cm³/mol. The number of benzene rings is 1. The first-order valence-corrected chi connectivity index (χ1v) is 8.73. The molecule has 2 fully saturated rings. The number of carbonyl (C=O) groups is 1. The van der Waals surface area contributed by atoms with Crippen molar-refractivity contribution in [2.45, 2.75) is 24.5 Å². The molecular formula is C17H16Cl2N4O2. The summed E-state index contributed by atoms with van der Waals surface area (Å²) < 4.78 is 0. The van der Waals surface area contributed by atoms with Crippen molar-refractivity contribution in [3.8, 4) is 0 Å². The second kappa shape index (κ2) is 6.12. The van der Waals surface area contributed by atoms with Crippen LogP contribution >= 0.6 is 23.2 Å². The zero-order valence-electron chi connectivity index (χ0n) is 13.3. The smallest absolute Gasteiger partial charge is 0.251 e. The number of carbonyl (C=O) groups excluding carboxylic acids is 1. The molecule has 1 amide bonds. The van der Waals surface area contributed by atoms with Gasteiger partial charge in [-0.3, -0.25) is 4.79 Å². The monoisotopic (exact) mass is 378 g/mol. The van der Waals surface area contributed by atoms with Crippen molar-refractivity contribution < 1.29 is 9.90 Å². The van der Waals surface area contributed by atoms with Crippen molar-refractivity contribution in [3.05, 3.63) is 52.4 Å². The lowest BCUT2D eigenvalue weighted by Crippen LogP contribution is -2.60. The van der Waals surface area contributed by atoms with Crippen LogP contribution in [-0.2, 0) is 11.3 Å². The van der Waals surface area contributed by atoms with E-state index in [1.807, 2.05) is 35.2 Å². The Bertz CT molecular complexity index is 799. The van der Waals surface area contributed by atoms with Gasteiger partial charge in [0.05, 0.1) is 12.6 Å². The van der Waals surface area contributed by atoms with Crippen molar-refractivity contribution in [3.63, 3.8) is 0 Å². The van der Waals surface area contributed by atoms with Gasteiger partial charge >= 0.3 is 0 Å². The molecule has 4 rings (SSSR count). The Morgan fingerprint density at radius 2 is 2.00 bits per heavy atom. The maximum absolute atomic E-state index is 13.1. The molecule has 0 spiro atoms. The third-order valence-electron chi connectivity index (χ3n) is 4.97. The molecule has 0 radical (unpaired) electrons. The van der Waals surface area contributed by atoms with Gasteiger partial charge in [0.25, 0.3) is 5.91 Å². The van der Waals surface area contributed by atoms with Crippen LogP contribution < -0.4 is 4.90 Å². The van der Waals surface area contributed by atoms with Gasteiger partial charge in [-0.2, -0.15) is 0 Å². The zero-order chi connectivity index (χ0) is 17.6. The van der Waals surface area contributed by atoms with Gasteiger partial charge in [0, 0.05) is 25.6 Å². The van der Waals surface area contributed by atoms with Crippen molar-refractivity contribution in [2.75, 3.05) is 18.1 Å². The molecule has 0 unspecified atom stereocenters. The van der Waals surface area contributed by atoms with Crippen LogP contribution in [0.3, 0.4) is 0 Å². The highest BCUT2D eigenvalue weighted by Crippen LogP contribution is 2.44. The van der Waals surface area contributed by atoms with Crippen LogP contribution in [-0.4, -0.2) is 50.6 Å². The van der Waals surface area contributed by atoms with E-state index >= 15 is 0 Å². The lowest BCUT2D eigenvalue weighted by Gasteiger charge is -2.40. The molecule has 1 aromatic carbocycles. The first kappa shape index (κ1) is 16.6. The van der Waals surface area contributed by atoms with Gasteiger partial charge in [0.1, 0.15) is 16.5 Å². The fourth-order valence-corrected chi connectivity index (χ4v) is 4.22. The average molecular weight is 379 g/mol. The van der Waals surface area contributed by atoms with Crippen LogP contribution in [0.1, 0.15) is 12.0 Å². The third-order valence-corrected chi connectivity index (χ3v) is 5.33. The minimum Gasteiger partial charge on any atom is -0.393 e. The fourth-order valence-electron chi connectivity index (χ4n) is 3.82. The minimum absolute atomic E-state index is 0.00683. The molecular weight excluding hydrogens is 363 g/mol. The molecule has 2 aliphatic heterocycles. The Morgan fingerprint density at radius 1 is 1.24 bits per heavy atom. The summed E-state index contributed by atoms with van der Waals surface area (Å²) in [4.78, 5) is 24.8. The highest BCUT2D eigenvalue weighted by molar-refractivity contribution is 6.32. The molecule has 130 valence electrons. The van der Waals surface area contributed by atoms with Gasteiger partial charge in [-0.05, 0) is 17.2 Å². The summed E-state index contributed by atoms with van der Waals surface area (Å²) in [6.45, 7) is 0.820. The quantitative estimate of drug-likeness (QED) is 0.651. The number of rotatable bonds is 4. The Balaban J connectivity index is 1.65. The molecule has 0 aliphatic carbocycles. The number of fused-ring (bicyclic) bond motifs is 2. The van der Waals surface area contributed by atoms with Crippen molar-refractivity contribution >= 4 is 34.9 Å². The fraction of sp³-hybridized carbons (Fsp3) is 0.353. The first-order valence-electron chi connectivity index (χ1n) is 7.97. The molecule has 0 saturated carbocycles. The van der Waals surface area contributed by atoms with Crippen molar-refractivity contribution in [1.29, 1.82) is 0 Å². The van der Waals surface area contributed by atoms with Gasteiger partial charge in [0.2, 0.25) is 5.28 Å². The lowest BCUT2D eigenvalue weighted by molar-refractivity contribution is -0.136. The van der Waals surface area contributed by atoms with E-state index in [9.17, 15) is 9.90 Å². The zero-order valence-corrected chi connectivity index (χ0v) is 14.8. The SMILES string of the molecule is O=C1N(Cc2ccccc2)[C@@H]2CN(c3cc(Cl)nc(Cl)n3)[C@@]1(CO)C2. The van der Waals surface area contributed by atoms with E-state index in [1.165, 1.54) is 0 Å². The number of halogens is 2. The van der Waals surface area contributed by atoms with E-state index in [2.05, 4.69) is 9.97 Å². The van der Waals surface area contributed by atoms with E-state index in [-0.39, 0.29) is 29.0 Å². The predicted octanol–water partition coefficient (Wildman–Crippen LogP) is 2.14. The first-order chi connectivity index (χ1) is 12.0. The molecule has 2 atom stereocenters. The molecule has 3 heterocycles. The number of amides is 1. The number of nitrogens with zero attached hydrogens (tertiary/aromatic N) is 4. The van der Waals surface area contributed by atoms with E-state index in [4.69, 9.17) is 23.2 Å². The van der Waals surface area contributed by atoms with Crippen LogP contribution in [0.4, 0.5) is 5.82 Å². The molecule has 8 heteroatoms. The van der Waals surface area contributed by atoms with E-state index in [0.717, 1.165) is 5.56 Å². The minimum atomic E-state index is -1.01. The topological polar surface area (TPSA) is 69.6 Å². The van der Waals surface area contributed by atoms with Crippen molar-refractivity contribution in [1.82, 2.24) is 14.9 Å². The van der Waals surface area contributed by atoms with E-state index in [0.29, 0.717) is 25.3 Å². The highest BCUT2D eigenvalue weighted by Gasteiger charge is 2.61. The summed E-state index contributed by atoms with van der Waals surface area (Å²) >= 11 is 11.9. The standard InChI is InChI=1S/C17H16Cl2N4O2/c18-13-6-14(21-16(19)20-13)23-9-12-7-17(23,10-24)15(25)22(12)8-11-4-2-1-3-5-11/h1-6,12,24H,7-10H2/t12-,17+/m0/s1. The van der Waals surface area contributed by atoms with Gasteiger partial charge in [0.15, 0.2) is 0 Å². The van der Waals surface area contributed by atoms with Gasteiger partial charge in [-0.15, -0.1) is 0 Å². The number of aliphatic hydroxyl groups is 1. The number of hydrogen-bond acceptors (Lipinski definition) is 5. The number of aromatic nitrogens is 2. The lowest BCUT2D eigenvalue weighted by atomic mass is 9.99. The number of aliphatic hydroxyl groups excluding tert-OH is 1. The van der Waals surface area contributed by atoms with Gasteiger partial charge in [-0.25, -0.2) is 9.97 Å². The summed E-state index contributed by atoms with van der Waals surface area (Å²) in [6, 6.07) is 11.4. The van der Waals surface area contributed by atoms with Crippen molar-refractivity contribution in [2.24, 2.45) is 0 Å². The number of hydrogen-bond donors (Lipinski definition) is 1. The third kappa shape index (κ3) is 2.65. The molecule has 1 aromatic heterocycles. The summed E-state index contributed by atoms with van der Waals surface area (Å²) in [7, 11) is 0. The van der Waals surface area contributed by atoms with Gasteiger partial charge < -0.3 is 14.9 Å². The van der Waals surface area contributed by atoms with Crippen LogP contribution in [0.2, 0.25) is 10.4 Å². The summed E-state index contributed by atoms with van der Waals surface area (Å²) in [6.07, 6.45) is 0.550. The maximum Gasteiger partial charge on any atom is 0.251 e. The Kier molecular flexibility index (Phi) is 4.06. The molecule has 25 heavy (non-hydrogen) atoms. The molecule has 2 aliphatic rings. The van der Waals surface area contributed by atoms with Crippen LogP contribution in [0.25, 0.3) is 0 Å². The molecule has 2 aromatic rings. The Morgan fingerprint density at radius 3 is 2.68 bits per heavy atom. The van der Waals surface area contributed by atoms with E-state index in [1.54, 1.807) is 11.0 Å². The largest absolute Gasteiger partial charge is 0.393 e. The normalized spacial score (nSPS) is 25.1. The van der Waals surface area contributed by atoms with Crippen LogP contribution in [0.15, 0.2) is 36.4 Å². The summed E-state index contributed by atoms with van der Waals surface area (Å²) in [5.74, 6) is 0.371. The number of anilines is 1. The Hall–Kier alpha value is -1.89. The molecule has 2 saturated heterocycles.